The van der Waals surface area contributed by atoms with E-state index >= 15 is 0 Å². The van der Waals surface area contributed by atoms with Crippen LogP contribution in [0.15, 0.2) is 18.5 Å². The van der Waals surface area contributed by atoms with Crippen LogP contribution >= 0.6 is 0 Å². The van der Waals surface area contributed by atoms with Gasteiger partial charge in [-0.05, 0) is 18.9 Å². The minimum absolute atomic E-state index is 0.0217. The summed E-state index contributed by atoms with van der Waals surface area (Å²) in [6.07, 6.45) is 4.68. The summed E-state index contributed by atoms with van der Waals surface area (Å²) in [6.45, 7) is -0.0217. The molecule has 0 aromatic carbocycles. The van der Waals surface area contributed by atoms with Gasteiger partial charge in [0.25, 0.3) is 5.91 Å². The fourth-order valence-electron chi connectivity index (χ4n) is 1.51. The van der Waals surface area contributed by atoms with Crippen molar-refractivity contribution in [3.05, 3.63) is 24.0 Å². The van der Waals surface area contributed by atoms with E-state index in [0.717, 1.165) is 12.8 Å². The number of nitrogens with zero attached hydrogens (tertiary/aromatic N) is 1. The summed E-state index contributed by atoms with van der Waals surface area (Å²) in [5.74, 6) is 0.208. The van der Waals surface area contributed by atoms with E-state index in [1.165, 1.54) is 19.5 Å². The fourth-order valence-corrected chi connectivity index (χ4v) is 1.51. The third-order valence-electron chi connectivity index (χ3n) is 2.78. The molecule has 1 heterocycles. The molecule has 1 amide bonds. The lowest BCUT2D eigenvalue weighted by atomic mass is 10.2. The first kappa shape index (κ1) is 10.9. The van der Waals surface area contributed by atoms with Gasteiger partial charge in [0.05, 0.1) is 31.0 Å². The molecule has 1 aliphatic carbocycles. The Hall–Kier alpha value is -1.62. The van der Waals surface area contributed by atoms with E-state index in [0.29, 0.717) is 11.3 Å². The van der Waals surface area contributed by atoms with Crippen LogP contribution in [0, 0.1) is 0 Å². The molecule has 1 saturated carbocycles. The first-order chi connectivity index (χ1) is 7.71. The molecule has 16 heavy (non-hydrogen) atoms. The molecular formula is C11H14N2O3. The van der Waals surface area contributed by atoms with Crippen LogP contribution in [0.3, 0.4) is 0 Å². The molecule has 2 N–H and O–H groups in total. The lowest BCUT2D eigenvalue weighted by Crippen LogP contribution is -2.39. The maximum Gasteiger partial charge on any atom is 0.255 e. The van der Waals surface area contributed by atoms with Crippen LogP contribution in [0.4, 0.5) is 0 Å². The van der Waals surface area contributed by atoms with Gasteiger partial charge in [0.15, 0.2) is 0 Å². The largest absolute Gasteiger partial charge is 0.494 e. The summed E-state index contributed by atoms with van der Waals surface area (Å²) in [4.78, 5) is 15.8. The molecule has 0 unspecified atom stereocenters. The average Bonchev–Trinajstić information content (AvgIpc) is 3.09. The number of methoxy groups -OCH3 is 1. The van der Waals surface area contributed by atoms with Crippen molar-refractivity contribution in [2.75, 3.05) is 13.7 Å². The van der Waals surface area contributed by atoms with Crippen LogP contribution < -0.4 is 10.1 Å². The van der Waals surface area contributed by atoms with Gasteiger partial charge in [0.1, 0.15) is 5.75 Å². The molecule has 0 spiro atoms. The monoisotopic (exact) mass is 222 g/mol. The number of pyridine rings is 1. The summed E-state index contributed by atoms with van der Waals surface area (Å²) < 4.78 is 5.05. The highest BCUT2D eigenvalue weighted by atomic mass is 16.5. The molecule has 0 atom stereocenters. The van der Waals surface area contributed by atoms with Crippen molar-refractivity contribution in [2.45, 2.75) is 18.4 Å². The molecule has 5 nitrogen and oxygen atoms in total. The number of ether oxygens (including phenoxy) is 1. The lowest BCUT2D eigenvalue weighted by Gasteiger charge is -2.15. The lowest BCUT2D eigenvalue weighted by molar-refractivity contribution is 0.0903. The van der Waals surface area contributed by atoms with E-state index in [9.17, 15) is 4.79 Å². The maximum absolute atomic E-state index is 11.9. The number of hydrogen-bond donors (Lipinski definition) is 2. The minimum atomic E-state index is -0.411. The molecule has 0 saturated heterocycles. The Kier molecular flexibility index (Phi) is 2.78. The SMILES string of the molecule is COc1cnccc1C(=O)NC1(CO)CC1. The van der Waals surface area contributed by atoms with Crippen molar-refractivity contribution in [2.24, 2.45) is 0 Å². The van der Waals surface area contributed by atoms with E-state index in [1.54, 1.807) is 6.07 Å². The quantitative estimate of drug-likeness (QED) is 0.770. The molecule has 86 valence electrons. The predicted molar refractivity (Wildman–Crippen MR) is 57.3 cm³/mol. The van der Waals surface area contributed by atoms with Gasteiger partial charge in [-0.25, -0.2) is 0 Å². The molecule has 0 radical (unpaired) electrons. The second-order valence-electron chi connectivity index (χ2n) is 3.97. The van der Waals surface area contributed by atoms with Crippen molar-refractivity contribution in [1.82, 2.24) is 10.3 Å². The number of nitrogens with one attached hydrogen (secondary N) is 1. The van der Waals surface area contributed by atoms with Crippen molar-refractivity contribution < 1.29 is 14.6 Å². The molecular weight excluding hydrogens is 208 g/mol. The van der Waals surface area contributed by atoms with Gasteiger partial charge < -0.3 is 15.2 Å². The zero-order valence-corrected chi connectivity index (χ0v) is 9.06. The Bertz CT molecular complexity index is 402. The zero-order chi connectivity index (χ0) is 11.6. The molecule has 1 aliphatic rings. The molecule has 5 heteroatoms. The normalized spacial score (nSPS) is 16.6. The zero-order valence-electron chi connectivity index (χ0n) is 9.06. The van der Waals surface area contributed by atoms with Crippen LogP contribution in [-0.2, 0) is 0 Å². The second kappa shape index (κ2) is 4.09. The van der Waals surface area contributed by atoms with Crippen molar-refractivity contribution in [3.8, 4) is 5.75 Å². The highest BCUT2D eigenvalue weighted by Gasteiger charge is 2.43. The fraction of sp³-hybridized carbons (Fsp3) is 0.455. The number of amides is 1. The second-order valence-corrected chi connectivity index (χ2v) is 3.97. The standard InChI is InChI=1S/C11H14N2O3/c1-16-9-6-12-5-2-8(9)10(15)13-11(7-14)3-4-11/h2,5-6,14H,3-4,7H2,1H3,(H,13,15). The van der Waals surface area contributed by atoms with Crippen LogP contribution in [0.2, 0.25) is 0 Å². The minimum Gasteiger partial charge on any atom is -0.494 e. The van der Waals surface area contributed by atoms with Gasteiger partial charge >= 0.3 is 0 Å². The Morgan fingerprint density at radius 1 is 1.69 bits per heavy atom. The van der Waals surface area contributed by atoms with Crippen LogP contribution in [-0.4, -0.2) is 35.3 Å². The number of aromatic nitrogens is 1. The number of aliphatic hydroxyl groups excluding tert-OH is 1. The highest BCUT2D eigenvalue weighted by Crippen LogP contribution is 2.35. The summed E-state index contributed by atoms with van der Waals surface area (Å²) in [6, 6.07) is 1.60. The Labute approximate surface area is 93.5 Å². The summed E-state index contributed by atoms with van der Waals surface area (Å²) in [5, 5.41) is 11.9. The van der Waals surface area contributed by atoms with E-state index in [4.69, 9.17) is 9.84 Å². The highest BCUT2D eigenvalue weighted by molar-refractivity contribution is 5.97. The van der Waals surface area contributed by atoms with Crippen molar-refractivity contribution in [1.29, 1.82) is 0 Å². The number of rotatable bonds is 4. The van der Waals surface area contributed by atoms with Gasteiger partial charge in [-0.15, -0.1) is 0 Å². The smallest absolute Gasteiger partial charge is 0.255 e. The summed E-state index contributed by atoms with van der Waals surface area (Å²) in [7, 11) is 1.49. The Morgan fingerprint density at radius 2 is 2.44 bits per heavy atom. The van der Waals surface area contributed by atoms with Gasteiger partial charge in [-0.3, -0.25) is 9.78 Å². The third kappa shape index (κ3) is 1.99. The van der Waals surface area contributed by atoms with Crippen LogP contribution in [0.5, 0.6) is 5.75 Å². The average molecular weight is 222 g/mol. The molecule has 1 aromatic heterocycles. The Balaban J connectivity index is 2.14. The van der Waals surface area contributed by atoms with Gasteiger partial charge in [0.2, 0.25) is 0 Å². The first-order valence-electron chi connectivity index (χ1n) is 5.12. The maximum atomic E-state index is 11.9. The molecule has 2 rings (SSSR count). The van der Waals surface area contributed by atoms with Crippen molar-refractivity contribution in [3.63, 3.8) is 0 Å². The van der Waals surface area contributed by atoms with E-state index in [1.807, 2.05) is 0 Å². The molecule has 1 aromatic rings. The van der Waals surface area contributed by atoms with E-state index < -0.39 is 5.54 Å². The first-order valence-corrected chi connectivity index (χ1v) is 5.12. The van der Waals surface area contributed by atoms with Gasteiger partial charge in [-0.1, -0.05) is 0 Å². The van der Waals surface area contributed by atoms with Crippen LogP contribution in [0.1, 0.15) is 23.2 Å². The predicted octanol–water partition coefficient (Wildman–Crippen LogP) is 0.345. The van der Waals surface area contributed by atoms with Gasteiger partial charge in [0, 0.05) is 6.20 Å². The molecule has 1 fully saturated rings. The number of carbonyl (C=O) groups is 1. The Morgan fingerprint density at radius 3 is 3.00 bits per heavy atom. The third-order valence-corrected chi connectivity index (χ3v) is 2.78. The summed E-state index contributed by atoms with van der Waals surface area (Å²) >= 11 is 0. The van der Waals surface area contributed by atoms with Crippen molar-refractivity contribution >= 4 is 5.91 Å². The van der Waals surface area contributed by atoms with E-state index in [2.05, 4.69) is 10.3 Å². The van der Waals surface area contributed by atoms with Crippen LogP contribution in [0.25, 0.3) is 0 Å². The molecule has 0 bridgehead atoms. The number of carbonyl (C=O) groups excluding carboxylic acids is 1. The van der Waals surface area contributed by atoms with Gasteiger partial charge in [-0.2, -0.15) is 0 Å². The summed E-state index contributed by atoms with van der Waals surface area (Å²) in [5.41, 5.74) is 0.0305. The number of hydrogen-bond acceptors (Lipinski definition) is 4. The molecule has 0 aliphatic heterocycles. The van der Waals surface area contributed by atoms with E-state index in [-0.39, 0.29) is 12.5 Å². The number of aliphatic hydroxyl groups is 1. The topological polar surface area (TPSA) is 71.5 Å².